The van der Waals surface area contributed by atoms with Crippen molar-refractivity contribution >= 4 is 5.97 Å². The van der Waals surface area contributed by atoms with Gasteiger partial charge in [0.2, 0.25) is 0 Å². The van der Waals surface area contributed by atoms with Crippen molar-refractivity contribution in [2.75, 3.05) is 7.11 Å². The summed E-state index contributed by atoms with van der Waals surface area (Å²) in [5.41, 5.74) is 4.43. The van der Waals surface area contributed by atoms with Gasteiger partial charge in [0.1, 0.15) is 0 Å². The fraction of sp³-hybridized carbons (Fsp3) is 0.333. The van der Waals surface area contributed by atoms with E-state index in [4.69, 9.17) is 15.6 Å². The van der Waals surface area contributed by atoms with E-state index in [2.05, 4.69) is 4.98 Å². The van der Waals surface area contributed by atoms with Crippen LogP contribution in [0.1, 0.15) is 28.0 Å². The van der Waals surface area contributed by atoms with Crippen molar-refractivity contribution in [3.8, 4) is 5.75 Å². The third-order valence-corrected chi connectivity index (χ3v) is 2.02. The van der Waals surface area contributed by atoms with Gasteiger partial charge in [-0.05, 0) is 0 Å². The fourth-order valence-electron chi connectivity index (χ4n) is 1.32. The number of nitrogens with zero attached hydrogens (tertiary/aromatic N) is 1. The number of pyridine rings is 1. The minimum atomic E-state index is -2.78. The average molecular weight is 232 g/mol. The number of ether oxygens (including phenoxy) is 1. The topological polar surface area (TPSA) is 85.4 Å². The monoisotopic (exact) mass is 232 g/mol. The first kappa shape index (κ1) is 12.3. The number of methoxy groups -OCH3 is 1. The molecule has 7 heteroatoms. The van der Waals surface area contributed by atoms with Crippen LogP contribution < -0.4 is 10.5 Å². The second-order valence-electron chi connectivity index (χ2n) is 2.88. The summed E-state index contributed by atoms with van der Waals surface area (Å²) in [6, 6.07) is 0. The number of carbonyl (C=O) groups is 1. The quantitative estimate of drug-likeness (QED) is 0.814. The lowest BCUT2D eigenvalue weighted by Gasteiger charge is -2.13. The molecule has 0 saturated carbocycles. The summed E-state index contributed by atoms with van der Waals surface area (Å²) in [4.78, 5) is 14.2. The zero-order valence-electron chi connectivity index (χ0n) is 8.41. The van der Waals surface area contributed by atoms with Gasteiger partial charge in [-0.15, -0.1) is 0 Å². The number of hydrogen-bond donors (Lipinski definition) is 2. The molecule has 0 aliphatic rings. The Labute approximate surface area is 89.9 Å². The maximum Gasteiger partial charge on any atom is 0.358 e. The third kappa shape index (κ3) is 2.08. The first-order chi connectivity index (χ1) is 7.52. The molecule has 0 saturated heterocycles. The maximum atomic E-state index is 12.6. The first-order valence-corrected chi connectivity index (χ1v) is 4.30. The molecule has 0 spiro atoms. The number of carboxylic acids is 1. The lowest BCUT2D eigenvalue weighted by Crippen LogP contribution is -2.12. The Morgan fingerprint density at radius 1 is 1.69 bits per heavy atom. The lowest BCUT2D eigenvalue weighted by atomic mass is 10.1. The van der Waals surface area contributed by atoms with E-state index in [0.717, 1.165) is 6.20 Å². The van der Waals surface area contributed by atoms with Crippen LogP contribution in [0.25, 0.3) is 0 Å². The summed E-state index contributed by atoms with van der Waals surface area (Å²) in [6.07, 6.45) is -1.97. The van der Waals surface area contributed by atoms with Gasteiger partial charge in [-0.2, -0.15) is 0 Å². The Balaban J connectivity index is 3.46. The van der Waals surface area contributed by atoms with Crippen LogP contribution in [0.4, 0.5) is 8.78 Å². The van der Waals surface area contributed by atoms with Gasteiger partial charge in [-0.3, -0.25) is 0 Å². The Morgan fingerprint density at radius 3 is 2.69 bits per heavy atom. The molecule has 0 bridgehead atoms. The number of aromatic nitrogens is 1. The molecule has 0 aromatic carbocycles. The molecule has 0 aliphatic carbocycles. The molecule has 0 fully saturated rings. The SMILES string of the molecule is COc1c(C(=O)O)ncc(C(F)F)c1CN. The number of aromatic carboxylic acids is 1. The summed E-state index contributed by atoms with van der Waals surface area (Å²) >= 11 is 0. The smallest absolute Gasteiger partial charge is 0.358 e. The van der Waals surface area contributed by atoms with Crippen LogP contribution >= 0.6 is 0 Å². The van der Waals surface area contributed by atoms with Gasteiger partial charge in [-0.1, -0.05) is 0 Å². The molecule has 1 aromatic heterocycles. The predicted octanol–water partition coefficient (Wildman–Crippen LogP) is 1.18. The average Bonchev–Trinajstić information content (AvgIpc) is 2.26. The summed E-state index contributed by atoms with van der Waals surface area (Å²) in [7, 11) is 1.18. The summed E-state index contributed by atoms with van der Waals surface area (Å²) < 4.78 is 29.9. The highest BCUT2D eigenvalue weighted by atomic mass is 19.3. The number of alkyl halides is 2. The number of halogens is 2. The van der Waals surface area contributed by atoms with Gasteiger partial charge in [0.25, 0.3) is 6.43 Å². The molecule has 3 N–H and O–H groups in total. The Morgan fingerprint density at radius 2 is 2.31 bits per heavy atom. The Hall–Kier alpha value is -1.76. The van der Waals surface area contributed by atoms with Crippen LogP contribution in [0.3, 0.4) is 0 Å². The first-order valence-electron chi connectivity index (χ1n) is 4.30. The van der Waals surface area contributed by atoms with Crippen LogP contribution in [0.15, 0.2) is 6.20 Å². The van der Waals surface area contributed by atoms with E-state index in [-0.39, 0.29) is 17.9 Å². The lowest BCUT2D eigenvalue weighted by molar-refractivity contribution is 0.0685. The molecule has 0 aliphatic heterocycles. The van der Waals surface area contributed by atoms with Crippen molar-refractivity contribution in [2.24, 2.45) is 5.73 Å². The minimum absolute atomic E-state index is 0.0371. The highest BCUT2D eigenvalue weighted by molar-refractivity contribution is 5.89. The van der Waals surface area contributed by atoms with Gasteiger partial charge in [0.05, 0.1) is 7.11 Å². The van der Waals surface area contributed by atoms with Gasteiger partial charge < -0.3 is 15.6 Å². The molecule has 5 nitrogen and oxygen atoms in total. The number of nitrogens with two attached hydrogens (primary N) is 1. The zero-order valence-corrected chi connectivity index (χ0v) is 8.41. The van der Waals surface area contributed by atoms with Crippen LogP contribution in [-0.2, 0) is 6.54 Å². The van der Waals surface area contributed by atoms with Crippen molar-refractivity contribution in [3.63, 3.8) is 0 Å². The molecular weight excluding hydrogens is 222 g/mol. The van der Waals surface area contributed by atoms with Crippen molar-refractivity contribution in [3.05, 3.63) is 23.0 Å². The van der Waals surface area contributed by atoms with E-state index >= 15 is 0 Å². The van der Waals surface area contributed by atoms with Crippen molar-refractivity contribution in [1.29, 1.82) is 0 Å². The second-order valence-corrected chi connectivity index (χ2v) is 2.88. The van der Waals surface area contributed by atoms with Gasteiger partial charge in [-0.25, -0.2) is 18.6 Å². The molecule has 0 atom stereocenters. The fourth-order valence-corrected chi connectivity index (χ4v) is 1.32. The van der Waals surface area contributed by atoms with Crippen molar-refractivity contribution in [2.45, 2.75) is 13.0 Å². The Kier molecular flexibility index (Phi) is 3.73. The van der Waals surface area contributed by atoms with Crippen molar-refractivity contribution in [1.82, 2.24) is 4.98 Å². The normalized spacial score (nSPS) is 10.6. The number of carboxylic acid groups (broad SMARTS) is 1. The third-order valence-electron chi connectivity index (χ3n) is 2.02. The van der Waals surface area contributed by atoms with Gasteiger partial charge in [0, 0.05) is 23.9 Å². The summed E-state index contributed by atoms with van der Waals surface area (Å²) in [5, 5.41) is 8.78. The number of hydrogen-bond acceptors (Lipinski definition) is 4. The molecule has 16 heavy (non-hydrogen) atoms. The molecule has 1 rings (SSSR count). The van der Waals surface area contributed by atoms with E-state index in [1.54, 1.807) is 0 Å². The van der Waals surface area contributed by atoms with Gasteiger partial charge in [0.15, 0.2) is 11.4 Å². The highest BCUT2D eigenvalue weighted by Gasteiger charge is 2.23. The van der Waals surface area contributed by atoms with Crippen LogP contribution in [0.5, 0.6) is 5.75 Å². The van der Waals surface area contributed by atoms with E-state index in [1.165, 1.54) is 7.11 Å². The van der Waals surface area contributed by atoms with E-state index in [9.17, 15) is 13.6 Å². The molecule has 88 valence electrons. The molecule has 1 aromatic rings. The predicted molar refractivity (Wildman–Crippen MR) is 50.6 cm³/mol. The molecule has 0 unspecified atom stereocenters. The number of rotatable bonds is 4. The Bertz CT molecular complexity index is 410. The van der Waals surface area contributed by atoms with Crippen LogP contribution in [0, 0.1) is 0 Å². The minimum Gasteiger partial charge on any atom is -0.494 e. The summed E-state index contributed by atoms with van der Waals surface area (Å²) in [6.45, 7) is -0.244. The van der Waals surface area contributed by atoms with E-state index < -0.39 is 23.7 Å². The summed E-state index contributed by atoms with van der Waals surface area (Å²) in [5.74, 6) is -1.57. The largest absolute Gasteiger partial charge is 0.494 e. The standard InChI is InChI=1S/C9H10F2N2O3/c1-16-7-4(2-12)5(8(10)11)3-13-6(7)9(14)15/h3,8H,2,12H2,1H3,(H,14,15). The molecule has 1 heterocycles. The van der Waals surface area contributed by atoms with Gasteiger partial charge >= 0.3 is 5.97 Å². The second kappa shape index (κ2) is 4.84. The van der Waals surface area contributed by atoms with E-state index in [1.807, 2.05) is 0 Å². The van der Waals surface area contributed by atoms with E-state index in [0.29, 0.717) is 0 Å². The van der Waals surface area contributed by atoms with Crippen LogP contribution in [-0.4, -0.2) is 23.2 Å². The molecular formula is C9H10F2N2O3. The van der Waals surface area contributed by atoms with Crippen LogP contribution in [0.2, 0.25) is 0 Å². The molecule has 0 amide bonds. The molecule has 0 radical (unpaired) electrons. The maximum absolute atomic E-state index is 12.6. The zero-order chi connectivity index (χ0) is 12.3. The highest BCUT2D eigenvalue weighted by Crippen LogP contribution is 2.31. The van der Waals surface area contributed by atoms with Crippen molar-refractivity contribution < 1.29 is 23.4 Å².